The van der Waals surface area contributed by atoms with Crippen LogP contribution < -0.4 is 15.4 Å². The van der Waals surface area contributed by atoms with Gasteiger partial charge in [0.1, 0.15) is 5.82 Å². The molecule has 0 fully saturated rings. The number of aromatic nitrogens is 3. The third-order valence-corrected chi connectivity index (χ3v) is 4.33. The Hall–Kier alpha value is -3.24. The number of carbonyl (C=O) groups excluding carboxylic acids is 2. The molecule has 8 nitrogen and oxygen atoms in total. The van der Waals surface area contributed by atoms with Gasteiger partial charge < -0.3 is 15.4 Å². The van der Waals surface area contributed by atoms with Crippen molar-refractivity contribution in [3.8, 4) is 5.88 Å². The van der Waals surface area contributed by atoms with E-state index in [-0.39, 0.29) is 36.1 Å². The third kappa shape index (κ3) is 7.78. The molecule has 2 aromatic rings. The van der Waals surface area contributed by atoms with Crippen molar-refractivity contribution in [2.24, 2.45) is 5.92 Å². The van der Waals surface area contributed by atoms with Gasteiger partial charge >= 0.3 is 6.18 Å². The Balaban J connectivity index is 2.01. The monoisotopic (exact) mass is 453 g/mol. The van der Waals surface area contributed by atoms with E-state index in [1.165, 1.54) is 13.0 Å². The number of hydrogen-bond acceptors (Lipinski definition) is 6. The molecule has 174 valence electrons. The van der Waals surface area contributed by atoms with E-state index in [1.807, 2.05) is 0 Å². The summed E-state index contributed by atoms with van der Waals surface area (Å²) in [6.07, 6.45) is -4.59. The van der Waals surface area contributed by atoms with Gasteiger partial charge in [0.15, 0.2) is 6.61 Å². The van der Waals surface area contributed by atoms with Gasteiger partial charge in [0.05, 0.1) is 18.2 Å². The van der Waals surface area contributed by atoms with Gasteiger partial charge in [-0.2, -0.15) is 18.3 Å². The second kappa shape index (κ2) is 10.4. The topological polar surface area (TPSA) is 106 Å². The highest BCUT2D eigenvalue weighted by molar-refractivity contribution is 5.91. The second-order valence-corrected chi connectivity index (χ2v) is 7.76. The van der Waals surface area contributed by atoms with Gasteiger partial charge in [-0.15, -0.1) is 5.10 Å². The van der Waals surface area contributed by atoms with E-state index >= 15 is 0 Å². The fourth-order valence-electron chi connectivity index (χ4n) is 2.73. The van der Waals surface area contributed by atoms with Crippen molar-refractivity contribution in [3.05, 3.63) is 40.7 Å². The molecule has 0 aromatic carbocycles. The van der Waals surface area contributed by atoms with Gasteiger partial charge in [-0.3, -0.25) is 9.59 Å². The molecule has 0 saturated carbocycles. The highest BCUT2D eigenvalue weighted by atomic mass is 19.4. The van der Waals surface area contributed by atoms with E-state index < -0.39 is 12.8 Å². The summed E-state index contributed by atoms with van der Waals surface area (Å²) in [6.45, 7) is 7.17. The van der Waals surface area contributed by atoms with Gasteiger partial charge in [0.2, 0.25) is 17.7 Å². The zero-order chi connectivity index (χ0) is 24.1. The molecule has 2 rings (SSSR count). The zero-order valence-corrected chi connectivity index (χ0v) is 18.5. The van der Waals surface area contributed by atoms with Crippen LogP contribution in [0, 0.1) is 19.8 Å². The summed E-state index contributed by atoms with van der Waals surface area (Å²) in [4.78, 5) is 28.7. The number of nitrogens with one attached hydrogen (secondary N) is 2. The van der Waals surface area contributed by atoms with Gasteiger partial charge in [0.25, 0.3) is 0 Å². The van der Waals surface area contributed by atoms with Crippen molar-refractivity contribution in [1.82, 2.24) is 20.5 Å². The smallest absolute Gasteiger partial charge is 0.422 e. The number of amides is 2. The van der Waals surface area contributed by atoms with Gasteiger partial charge in [-0.05, 0) is 44.5 Å². The molecule has 1 unspecified atom stereocenters. The summed E-state index contributed by atoms with van der Waals surface area (Å²) in [5, 5.41) is 13.0. The fraction of sp³-hybridized carbons (Fsp3) is 0.476. The quantitative estimate of drug-likeness (QED) is 0.634. The molecule has 1 atom stereocenters. The van der Waals surface area contributed by atoms with Crippen LogP contribution >= 0.6 is 0 Å². The molecular weight excluding hydrogens is 427 g/mol. The predicted molar refractivity (Wildman–Crippen MR) is 111 cm³/mol. The number of alkyl halides is 3. The lowest BCUT2D eigenvalue weighted by Gasteiger charge is -2.17. The third-order valence-electron chi connectivity index (χ3n) is 4.33. The van der Waals surface area contributed by atoms with Gasteiger partial charge in [-0.25, -0.2) is 4.98 Å². The number of pyridine rings is 1. The number of aryl methyl sites for hydroxylation is 2. The first-order chi connectivity index (χ1) is 14.8. The Morgan fingerprint density at radius 1 is 1.09 bits per heavy atom. The molecule has 0 saturated heterocycles. The highest BCUT2D eigenvalue weighted by Crippen LogP contribution is 2.20. The number of halogens is 3. The Morgan fingerprint density at radius 2 is 1.78 bits per heavy atom. The van der Waals surface area contributed by atoms with Crippen LogP contribution in [0.25, 0.3) is 0 Å². The molecule has 2 heterocycles. The Kier molecular flexibility index (Phi) is 8.12. The number of anilines is 1. The van der Waals surface area contributed by atoms with E-state index in [9.17, 15) is 22.8 Å². The van der Waals surface area contributed by atoms with Gasteiger partial charge in [-0.1, -0.05) is 13.8 Å². The number of carbonyl (C=O) groups is 2. The lowest BCUT2D eigenvalue weighted by Crippen LogP contribution is -2.29. The van der Waals surface area contributed by atoms with Crippen LogP contribution in [0.5, 0.6) is 5.88 Å². The maximum Gasteiger partial charge on any atom is 0.422 e. The largest absolute Gasteiger partial charge is 0.467 e. The average Bonchev–Trinajstić information content (AvgIpc) is 2.65. The number of nitrogens with zero attached hydrogens (tertiary/aromatic N) is 3. The van der Waals surface area contributed by atoms with Crippen LogP contribution in [0.4, 0.5) is 19.0 Å². The molecule has 0 bridgehead atoms. The van der Waals surface area contributed by atoms with Crippen LogP contribution in [-0.2, 0) is 16.0 Å². The lowest BCUT2D eigenvalue weighted by molar-refractivity contribution is -0.154. The fourth-order valence-corrected chi connectivity index (χ4v) is 2.73. The molecule has 0 radical (unpaired) electrons. The minimum Gasteiger partial charge on any atom is -0.467 e. The maximum atomic E-state index is 12.4. The van der Waals surface area contributed by atoms with E-state index in [2.05, 4.69) is 30.6 Å². The second-order valence-electron chi connectivity index (χ2n) is 7.76. The standard InChI is InChI=1S/C21H26F3N5O3/c1-11(2)19(31)27-17-8-15(7-13(4)25-17)14(5)26-18(30)9-16-6-12(3)20(29-28-16)32-10-21(22,23)24/h6-8,11,14H,9-10H2,1-5H3,(H,26,30)(H,25,27,31). The Morgan fingerprint density at radius 3 is 2.38 bits per heavy atom. The zero-order valence-electron chi connectivity index (χ0n) is 18.5. The molecule has 32 heavy (non-hydrogen) atoms. The van der Waals surface area contributed by atoms with Crippen LogP contribution in [0.15, 0.2) is 18.2 Å². The van der Waals surface area contributed by atoms with Gasteiger partial charge in [0, 0.05) is 17.2 Å². The molecule has 0 aliphatic carbocycles. The SMILES string of the molecule is Cc1cc(C(C)NC(=O)Cc2cc(C)c(OCC(F)(F)F)nn2)cc(NC(=O)C(C)C)n1. The molecule has 0 aliphatic heterocycles. The Bertz CT molecular complexity index is 980. The minimum absolute atomic E-state index is 0.112. The van der Waals surface area contributed by atoms with Crippen molar-refractivity contribution in [2.45, 2.75) is 53.3 Å². The number of rotatable bonds is 8. The maximum absolute atomic E-state index is 12.4. The van der Waals surface area contributed by atoms with Crippen LogP contribution in [-0.4, -0.2) is 39.8 Å². The summed E-state index contributed by atoms with van der Waals surface area (Å²) in [7, 11) is 0. The van der Waals surface area contributed by atoms with E-state index in [4.69, 9.17) is 0 Å². The first-order valence-corrected chi connectivity index (χ1v) is 9.95. The predicted octanol–water partition coefficient (Wildman–Crippen LogP) is 3.44. The van der Waals surface area contributed by atoms with Crippen molar-refractivity contribution < 1.29 is 27.5 Å². The van der Waals surface area contributed by atoms with Crippen molar-refractivity contribution in [1.29, 1.82) is 0 Å². The molecule has 11 heteroatoms. The molecule has 2 aromatic heterocycles. The Labute approximate surface area is 184 Å². The minimum atomic E-state index is -4.48. The first kappa shape index (κ1) is 25.0. The number of hydrogen-bond donors (Lipinski definition) is 2. The normalized spacial score (nSPS) is 12.4. The lowest BCUT2D eigenvalue weighted by atomic mass is 10.1. The van der Waals surface area contributed by atoms with Crippen molar-refractivity contribution >= 4 is 17.6 Å². The first-order valence-electron chi connectivity index (χ1n) is 9.95. The molecule has 2 amide bonds. The van der Waals surface area contributed by atoms with Crippen molar-refractivity contribution in [2.75, 3.05) is 11.9 Å². The van der Waals surface area contributed by atoms with E-state index in [0.29, 0.717) is 22.8 Å². The van der Waals surface area contributed by atoms with E-state index in [1.54, 1.807) is 39.8 Å². The van der Waals surface area contributed by atoms with Crippen LogP contribution in [0.3, 0.4) is 0 Å². The summed E-state index contributed by atoms with van der Waals surface area (Å²) < 4.78 is 41.5. The summed E-state index contributed by atoms with van der Waals surface area (Å²) in [6, 6.07) is 4.56. The molecular formula is C21H26F3N5O3. The number of ether oxygens (including phenoxy) is 1. The van der Waals surface area contributed by atoms with Crippen LogP contribution in [0.2, 0.25) is 0 Å². The molecule has 0 aliphatic rings. The highest BCUT2D eigenvalue weighted by Gasteiger charge is 2.29. The summed E-state index contributed by atoms with van der Waals surface area (Å²) >= 11 is 0. The summed E-state index contributed by atoms with van der Waals surface area (Å²) in [5.74, 6) is -0.550. The van der Waals surface area contributed by atoms with Crippen LogP contribution in [0.1, 0.15) is 49.3 Å². The average molecular weight is 453 g/mol. The van der Waals surface area contributed by atoms with Crippen molar-refractivity contribution in [3.63, 3.8) is 0 Å². The molecule has 2 N–H and O–H groups in total. The molecule has 0 spiro atoms. The summed E-state index contributed by atoms with van der Waals surface area (Å²) in [5.41, 5.74) is 2.07. The van der Waals surface area contributed by atoms with E-state index in [0.717, 1.165) is 5.56 Å².